The Labute approximate surface area is 147 Å². The van der Waals surface area contributed by atoms with E-state index in [1.807, 2.05) is 82.3 Å². The van der Waals surface area contributed by atoms with Crippen molar-refractivity contribution < 1.29 is 18.9 Å². The number of amides is 1. The molecule has 3 rings (SSSR count). The van der Waals surface area contributed by atoms with Crippen LogP contribution in [0.5, 0.6) is 0 Å². The maximum absolute atomic E-state index is 12.0. The molecule has 0 bridgehead atoms. The lowest BCUT2D eigenvalue weighted by Crippen LogP contribution is -2.81. The van der Waals surface area contributed by atoms with E-state index in [4.69, 9.17) is 9.15 Å². The predicted molar refractivity (Wildman–Crippen MR) is 95.8 cm³/mol. The predicted octanol–water partition coefficient (Wildman–Crippen LogP) is 3.28. The zero-order valence-corrected chi connectivity index (χ0v) is 14.9. The minimum atomic E-state index is -0.539. The fraction of sp³-hybridized carbons (Fsp3) is 0.238. The van der Waals surface area contributed by atoms with Crippen molar-refractivity contribution in [3.63, 3.8) is 0 Å². The number of hydrogen-bond donors (Lipinski definition) is 1. The third-order valence-electron chi connectivity index (χ3n) is 3.68. The first-order valence-electron chi connectivity index (χ1n) is 8.25. The van der Waals surface area contributed by atoms with Gasteiger partial charge in [0.25, 0.3) is 0 Å². The topological polar surface area (TPSA) is 53.4 Å². The lowest BCUT2D eigenvalue weighted by atomic mass is 10.0. The largest absolute Gasteiger partial charge is 0.595 e. The zero-order valence-electron chi connectivity index (χ0n) is 14.9. The Hall–Kier alpha value is -2.88. The van der Waals surface area contributed by atoms with E-state index in [1.165, 1.54) is 0 Å². The van der Waals surface area contributed by atoms with Crippen LogP contribution in [0.1, 0.15) is 26.3 Å². The van der Waals surface area contributed by atoms with Crippen molar-refractivity contribution in [2.24, 2.45) is 0 Å². The van der Waals surface area contributed by atoms with Gasteiger partial charge in [-0.1, -0.05) is 30.3 Å². The van der Waals surface area contributed by atoms with E-state index in [0.29, 0.717) is 11.1 Å². The second-order valence-electron chi connectivity index (χ2n) is 7.00. The van der Waals surface area contributed by atoms with Gasteiger partial charge in [0.15, 0.2) is 0 Å². The van der Waals surface area contributed by atoms with E-state index in [2.05, 4.69) is 4.99 Å². The van der Waals surface area contributed by atoms with Crippen molar-refractivity contribution >= 4 is 6.09 Å². The maximum atomic E-state index is 12.0. The molecule has 4 heteroatoms. The van der Waals surface area contributed by atoms with Crippen LogP contribution in [0.4, 0.5) is 4.79 Å². The standard InChI is InChI=1S/C21H21NO3/c1-14-12-18(15-8-6-5-7-9-15)24-19-13-16(10-11-17(14)19)22-20(23)25-21(2,3)4/h5-13H,1-4H3/p+1/b22-16+. The second kappa shape index (κ2) is 6.55. The molecule has 0 atom stereocenters. The highest BCUT2D eigenvalue weighted by atomic mass is 16.6. The Morgan fingerprint density at radius 2 is 1.72 bits per heavy atom. The third kappa shape index (κ3) is 4.15. The molecule has 1 aromatic rings. The molecule has 0 unspecified atom stereocenters. The lowest BCUT2D eigenvalue weighted by Gasteiger charge is -2.14. The van der Waals surface area contributed by atoms with Crippen molar-refractivity contribution in [3.05, 3.63) is 65.5 Å². The number of nitrogens with one attached hydrogen (secondary N) is 1. The first kappa shape index (κ1) is 17.0. The fourth-order valence-corrected chi connectivity index (χ4v) is 2.60. The Bertz CT molecular complexity index is 933. The molecule has 25 heavy (non-hydrogen) atoms. The Balaban J connectivity index is 2.05. The van der Waals surface area contributed by atoms with Gasteiger partial charge in [0.1, 0.15) is 17.1 Å². The van der Waals surface area contributed by atoms with Crippen LogP contribution in [0.15, 0.2) is 59.0 Å². The van der Waals surface area contributed by atoms with Crippen LogP contribution in [-0.4, -0.2) is 11.7 Å². The van der Waals surface area contributed by atoms with Gasteiger partial charge in [-0.05, 0) is 45.4 Å². The number of ether oxygens (including phenoxy) is 1. The molecule has 1 aromatic carbocycles. The van der Waals surface area contributed by atoms with E-state index in [9.17, 15) is 4.79 Å². The Morgan fingerprint density at radius 1 is 1.00 bits per heavy atom. The molecule has 1 aliphatic heterocycles. The van der Waals surface area contributed by atoms with Gasteiger partial charge in [0.2, 0.25) is 5.36 Å². The highest BCUT2D eigenvalue weighted by Crippen LogP contribution is 2.30. The van der Waals surface area contributed by atoms with Gasteiger partial charge in [-0.25, -0.2) is 0 Å². The van der Waals surface area contributed by atoms with Crippen LogP contribution in [0.2, 0.25) is 0 Å². The molecule has 128 valence electrons. The van der Waals surface area contributed by atoms with Crippen LogP contribution in [0.25, 0.3) is 22.6 Å². The Morgan fingerprint density at radius 3 is 2.40 bits per heavy atom. The highest BCUT2D eigenvalue weighted by molar-refractivity contribution is 5.68. The zero-order chi connectivity index (χ0) is 18.0. The molecule has 0 fully saturated rings. The number of carbonyl (C=O) groups is 1. The summed E-state index contributed by atoms with van der Waals surface area (Å²) < 4.78 is 11.3. The van der Waals surface area contributed by atoms with E-state index in [-0.39, 0.29) is 0 Å². The summed E-state index contributed by atoms with van der Waals surface area (Å²) in [6, 6.07) is 17.6. The third-order valence-corrected chi connectivity index (χ3v) is 3.68. The molecule has 1 amide bonds. The van der Waals surface area contributed by atoms with Gasteiger partial charge >= 0.3 is 6.09 Å². The van der Waals surface area contributed by atoms with Gasteiger partial charge in [0.05, 0.1) is 6.07 Å². The number of rotatable bonds is 1. The van der Waals surface area contributed by atoms with Crippen LogP contribution >= 0.6 is 0 Å². The van der Waals surface area contributed by atoms with Crippen molar-refractivity contribution in [2.45, 2.75) is 33.3 Å². The quantitative estimate of drug-likeness (QED) is 0.742. The number of fused-ring (bicyclic) bond motifs is 1. The smallest absolute Gasteiger partial charge is 0.456 e. The molecule has 4 nitrogen and oxygen atoms in total. The van der Waals surface area contributed by atoms with E-state index in [1.54, 1.807) is 0 Å². The molecule has 0 aromatic heterocycles. The van der Waals surface area contributed by atoms with Gasteiger partial charge in [-0.2, -0.15) is 4.79 Å². The van der Waals surface area contributed by atoms with Gasteiger partial charge in [-0.15, -0.1) is 4.99 Å². The number of hydrogen-bond acceptors (Lipinski definition) is 3. The van der Waals surface area contributed by atoms with Crippen LogP contribution in [-0.2, 0) is 4.74 Å². The molecule has 2 aliphatic rings. The summed E-state index contributed by atoms with van der Waals surface area (Å²) in [5.41, 5.74) is 2.60. The highest BCUT2D eigenvalue weighted by Gasteiger charge is 2.20. The fourth-order valence-electron chi connectivity index (χ4n) is 2.60. The first-order chi connectivity index (χ1) is 11.8. The van der Waals surface area contributed by atoms with Crippen molar-refractivity contribution in [1.29, 1.82) is 0 Å². The summed E-state index contributed by atoms with van der Waals surface area (Å²) in [6.07, 6.45) is -0.484. The second-order valence-corrected chi connectivity index (χ2v) is 7.00. The van der Waals surface area contributed by atoms with Gasteiger partial charge < -0.3 is 9.15 Å². The summed E-state index contributed by atoms with van der Waals surface area (Å²) in [5.74, 6) is 1.51. The van der Waals surface area contributed by atoms with E-state index in [0.717, 1.165) is 22.5 Å². The van der Waals surface area contributed by atoms with Crippen molar-refractivity contribution in [2.75, 3.05) is 0 Å². The first-order valence-corrected chi connectivity index (χ1v) is 8.25. The molecular weight excluding hydrogens is 314 g/mol. The molecule has 1 heterocycles. The minimum absolute atomic E-state index is 0.484. The van der Waals surface area contributed by atoms with Gasteiger partial charge in [0, 0.05) is 17.2 Å². The lowest BCUT2D eigenvalue weighted by molar-refractivity contribution is -0.417. The summed E-state index contributed by atoms with van der Waals surface area (Å²) in [7, 11) is 0. The summed E-state index contributed by atoms with van der Waals surface area (Å²) in [6.45, 7) is 7.54. The number of aryl methyl sites for hydroxylation is 1. The van der Waals surface area contributed by atoms with Crippen LogP contribution < -0.4 is 10.3 Å². The summed E-state index contributed by atoms with van der Waals surface area (Å²) >= 11 is 0. The van der Waals surface area contributed by atoms with E-state index < -0.39 is 11.7 Å². The molecule has 1 N–H and O–H groups in total. The average molecular weight is 336 g/mol. The van der Waals surface area contributed by atoms with Crippen LogP contribution in [0.3, 0.4) is 0 Å². The molecule has 0 saturated heterocycles. The summed E-state index contributed by atoms with van der Waals surface area (Å²) in [5, 5.41) is 0.634. The number of carbonyl (C=O) groups excluding carboxylic acids is 1. The summed E-state index contributed by atoms with van der Waals surface area (Å²) in [4.78, 5) is 14.7. The molecule has 1 aliphatic carbocycles. The molecular formula is C21H22NO3+. The molecule has 0 radical (unpaired) electrons. The normalized spacial score (nSPS) is 12.4. The average Bonchev–Trinajstić information content (AvgIpc) is 2.53. The van der Waals surface area contributed by atoms with E-state index >= 15 is 0 Å². The maximum Gasteiger partial charge on any atom is 0.595 e. The monoisotopic (exact) mass is 336 g/mol. The molecule has 0 spiro atoms. The SMILES string of the molecule is Cc1cc(-c2ccccc2)oc2c/c(=[NH+]/C(=O)OC(C)(C)C)ccc1-2. The van der Waals surface area contributed by atoms with Gasteiger partial charge in [-0.3, -0.25) is 0 Å². The molecule has 0 saturated carbocycles. The Kier molecular flexibility index (Phi) is 4.45. The van der Waals surface area contributed by atoms with Crippen molar-refractivity contribution in [3.8, 4) is 22.6 Å². The van der Waals surface area contributed by atoms with Crippen molar-refractivity contribution in [1.82, 2.24) is 0 Å². The van der Waals surface area contributed by atoms with Crippen LogP contribution in [0, 0.1) is 6.92 Å². The minimum Gasteiger partial charge on any atom is -0.456 e. The number of benzene rings is 2.